The smallest absolute Gasteiger partial charge is 0.142 e. The lowest BCUT2D eigenvalue weighted by Gasteiger charge is -2.18. The van der Waals surface area contributed by atoms with Gasteiger partial charge in [-0.25, -0.2) is 0 Å². The summed E-state index contributed by atoms with van der Waals surface area (Å²) in [6.45, 7) is 3.71. The van der Waals surface area contributed by atoms with Crippen LogP contribution in [0.5, 0.6) is 0 Å². The minimum atomic E-state index is 0.590. The molecule has 0 aromatic carbocycles. The van der Waals surface area contributed by atoms with Gasteiger partial charge in [-0.1, -0.05) is 17.7 Å². The second-order valence-corrected chi connectivity index (χ2v) is 4.93. The van der Waals surface area contributed by atoms with Gasteiger partial charge in [0.1, 0.15) is 5.03 Å². The third-order valence-electron chi connectivity index (χ3n) is 2.54. The van der Waals surface area contributed by atoms with E-state index in [-0.39, 0.29) is 0 Å². The molecule has 0 bridgehead atoms. The van der Waals surface area contributed by atoms with E-state index in [0.717, 1.165) is 23.6 Å². The molecule has 80 valence electrons. The van der Waals surface area contributed by atoms with Gasteiger partial charge in [0, 0.05) is 5.75 Å². The summed E-state index contributed by atoms with van der Waals surface area (Å²) >= 11 is 7.74. The lowest BCUT2D eigenvalue weighted by molar-refractivity contribution is 0.654. The molecule has 0 amide bonds. The summed E-state index contributed by atoms with van der Waals surface area (Å²) in [6, 6.07) is 0. The molecule has 0 aliphatic heterocycles. The molecule has 0 saturated heterocycles. The first kappa shape index (κ1) is 11.0. The Bertz CT molecular complexity index is 379. The van der Waals surface area contributed by atoms with Crippen LogP contribution >= 0.6 is 23.4 Å². The van der Waals surface area contributed by atoms with Crippen LogP contribution < -0.4 is 0 Å². The fraction of sp³-hybridized carbons (Fsp3) is 0.455. The normalized spacial score (nSPS) is 14.7. The summed E-state index contributed by atoms with van der Waals surface area (Å²) in [4.78, 5) is 0. The van der Waals surface area contributed by atoms with Gasteiger partial charge in [0.05, 0.1) is 0 Å². The number of halogens is 1. The molecule has 2 rings (SSSR count). The predicted molar refractivity (Wildman–Crippen MR) is 64.6 cm³/mol. The molecule has 1 aromatic rings. The van der Waals surface area contributed by atoms with Crippen molar-refractivity contribution in [2.75, 3.05) is 5.75 Å². The summed E-state index contributed by atoms with van der Waals surface area (Å²) < 4.78 is 0. The van der Waals surface area contributed by atoms with Crippen molar-refractivity contribution in [2.24, 2.45) is 0 Å². The van der Waals surface area contributed by atoms with E-state index in [1.807, 2.05) is 6.08 Å². The van der Waals surface area contributed by atoms with Gasteiger partial charge in [-0.3, -0.25) is 0 Å². The third kappa shape index (κ3) is 2.34. The highest BCUT2D eigenvalue weighted by Gasteiger charge is 2.18. The monoisotopic (exact) mass is 240 g/mol. The van der Waals surface area contributed by atoms with Crippen LogP contribution in [0, 0.1) is 0 Å². The van der Waals surface area contributed by atoms with Crippen LogP contribution in [0.15, 0.2) is 17.7 Å². The van der Waals surface area contributed by atoms with E-state index in [1.165, 1.54) is 24.0 Å². The summed E-state index contributed by atoms with van der Waals surface area (Å²) in [6.07, 6.45) is 6.46. The standard InChI is InChI=1S/C11H13ClN2S/c1-2-7-15-11-9-6-4-3-5-8(9)10(12)13-14-11/h2H,1,3-7H2. The molecule has 0 fully saturated rings. The van der Waals surface area contributed by atoms with Crippen LogP contribution in [0.4, 0.5) is 0 Å². The first-order valence-electron chi connectivity index (χ1n) is 5.10. The maximum absolute atomic E-state index is 6.05. The SMILES string of the molecule is C=CCSc1nnc(Cl)c2c1CCCC2. The van der Waals surface area contributed by atoms with Gasteiger partial charge in [-0.2, -0.15) is 0 Å². The van der Waals surface area contributed by atoms with Crippen molar-refractivity contribution in [3.8, 4) is 0 Å². The zero-order valence-corrected chi connectivity index (χ0v) is 10.1. The minimum Gasteiger partial charge on any atom is -0.142 e. The van der Waals surface area contributed by atoms with Crippen LogP contribution in [0.2, 0.25) is 5.15 Å². The Morgan fingerprint density at radius 3 is 2.73 bits per heavy atom. The maximum atomic E-state index is 6.05. The van der Waals surface area contributed by atoms with Crippen molar-refractivity contribution in [1.82, 2.24) is 10.2 Å². The summed E-state index contributed by atoms with van der Waals surface area (Å²) in [5.74, 6) is 0.878. The lowest BCUT2D eigenvalue weighted by atomic mass is 9.94. The van der Waals surface area contributed by atoms with Crippen molar-refractivity contribution < 1.29 is 0 Å². The zero-order valence-electron chi connectivity index (χ0n) is 8.50. The van der Waals surface area contributed by atoms with Gasteiger partial charge in [0.25, 0.3) is 0 Å². The Labute approximate surface area is 99.1 Å². The Balaban J connectivity index is 2.34. The van der Waals surface area contributed by atoms with E-state index in [9.17, 15) is 0 Å². The highest BCUT2D eigenvalue weighted by atomic mass is 35.5. The van der Waals surface area contributed by atoms with Crippen molar-refractivity contribution >= 4 is 23.4 Å². The first-order chi connectivity index (χ1) is 7.33. The lowest BCUT2D eigenvalue weighted by Crippen LogP contribution is -2.08. The highest BCUT2D eigenvalue weighted by Crippen LogP contribution is 2.32. The van der Waals surface area contributed by atoms with E-state index in [1.54, 1.807) is 11.8 Å². The van der Waals surface area contributed by atoms with Gasteiger partial charge in [0.15, 0.2) is 5.15 Å². The fourth-order valence-electron chi connectivity index (χ4n) is 1.83. The maximum Gasteiger partial charge on any atom is 0.155 e. The Kier molecular flexibility index (Phi) is 3.65. The van der Waals surface area contributed by atoms with Gasteiger partial charge in [-0.05, 0) is 36.8 Å². The fourth-order valence-corrected chi connectivity index (χ4v) is 2.85. The molecule has 15 heavy (non-hydrogen) atoms. The van der Waals surface area contributed by atoms with Gasteiger partial charge in [-0.15, -0.1) is 28.5 Å². The van der Waals surface area contributed by atoms with E-state index < -0.39 is 0 Å². The Hall–Kier alpha value is -0.540. The quantitative estimate of drug-likeness (QED) is 0.599. The summed E-state index contributed by atoms with van der Waals surface area (Å²) in [5, 5.41) is 9.79. The van der Waals surface area contributed by atoms with Crippen molar-refractivity contribution in [3.63, 3.8) is 0 Å². The molecule has 1 aliphatic carbocycles. The molecular weight excluding hydrogens is 228 g/mol. The molecule has 4 heteroatoms. The molecule has 1 aromatic heterocycles. The van der Waals surface area contributed by atoms with Crippen molar-refractivity contribution in [1.29, 1.82) is 0 Å². The molecule has 0 radical (unpaired) electrons. The molecule has 1 heterocycles. The topological polar surface area (TPSA) is 25.8 Å². The van der Waals surface area contributed by atoms with Crippen LogP contribution in [0.1, 0.15) is 24.0 Å². The molecule has 2 nitrogen and oxygen atoms in total. The number of nitrogens with zero attached hydrogens (tertiary/aromatic N) is 2. The van der Waals surface area contributed by atoms with Crippen LogP contribution in [0.3, 0.4) is 0 Å². The Morgan fingerprint density at radius 2 is 2.00 bits per heavy atom. The molecule has 0 atom stereocenters. The van der Waals surface area contributed by atoms with Gasteiger partial charge >= 0.3 is 0 Å². The molecule has 0 unspecified atom stereocenters. The second-order valence-electron chi connectivity index (χ2n) is 3.56. The summed E-state index contributed by atoms with van der Waals surface area (Å²) in [5.41, 5.74) is 2.53. The average molecular weight is 241 g/mol. The molecule has 1 aliphatic rings. The first-order valence-corrected chi connectivity index (χ1v) is 6.47. The summed E-state index contributed by atoms with van der Waals surface area (Å²) in [7, 11) is 0. The average Bonchev–Trinajstić information content (AvgIpc) is 2.29. The second kappa shape index (κ2) is 4.99. The van der Waals surface area contributed by atoms with Crippen molar-refractivity contribution in [2.45, 2.75) is 30.7 Å². The minimum absolute atomic E-state index is 0.590. The number of aromatic nitrogens is 2. The van der Waals surface area contributed by atoms with Gasteiger partial charge < -0.3 is 0 Å². The number of thioether (sulfide) groups is 1. The van der Waals surface area contributed by atoms with Gasteiger partial charge in [0.2, 0.25) is 0 Å². The Morgan fingerprint density at radius 1 is 1.27 bits per heavy atom. The van der Waals surface area contributed by atoms with Crippen LogP contribution in [-0.2, 0) is 12.8 Å². The number of rotatable bonds is 3. The third-order valence-corrected chi connectivity index (χ3v) is 3.85. The molecular formula is C11H13ClN2S. The van der Waals surface area contributed by atoms with E-state index in [4.69, 9.17) is 11.6 Å². The van der Waals surface area contributed by atoms with Crippen molar-refractivity contribution in [3.05, 3.63) is 28.9 Å². The predicted octanol–water partition coefficient (Wildman–Crippen LogP) is 3.29. The molecule has 0 saturated carbocycles. The van der Waals surface area contributed by atoms with Crippen LogP contribution in [-0.4, -0.2) is 16.0 Å². The highest BCUT2D eigenvalue weighted by molar-refractivity contribution is 7.99. The van der Waals surface area contributed by atoms with E-state index >= 15 is 0 Å². The van der Waals surface area contributed by atoms with E-state index in [2.05, 4.69) is 16.8 Å². The van der Waals surface area contributed by atoms with Crippen LogP contribution in [0.25, 0.3) is 0 Å². The number of fused-ring (bicyclic) bond motifs is 1. The molecule has 0 N–H and O–H groups in total. The van der Waals surface area contributed by atoms with E-state index in [0.29, 0.717) is 5.15 Å². The molecule has 0 spiro atoms. The zero-order chi connectivity index (χ0) is 10.7. The number of hydrogen-bond donors (Lipinski definition) is 0. The number of hydrogen-bond acceptors (Lipinski definition) is 3. The largest absolute Gasteiger partial charge is 0.155 e.